The van der Waals surface area contributed by atoms with Gasteiger partial charge in [-0.2, -0.15) is 0 Å². The summed E-state index contributed by atoms with van der Waals surface area (Å²) >= 11 is 0. The van der Waals surface area contributed by atoms with E-state index in [9.17, 15) is 9.59 Å². The number of hydrogen-bond donors (Lipinski definition) is 3. The number of anilines is 1. The number of rotatable bonds is 4. The topological polar surface area (TPSA) is 82.2 Å². The summed E-state index contributed by atoms with van der Waals surface area (Å²) in [4.78, 5) is 25.5. The van der Waals surface area contributed by atoms with Gasteiger partial charge < -0.3 is 15.4 Å². The summed E-state index contributed by atoms with van der Waals surface area (Å²) in [5.41, 5.74) is 3.90. The molecule has 3 aromatic rings. The number of carboxylic acids is 1. The van der Waals surface area contributed by atoms with E-state index in [1.165, 1.54) is 5.56 Å². The van der Waals surface area contributed by atoms with Gasteiger partial charge in [-0.25, -0.2) is 4.79 Å². The molecule has 1 aromatic heterocycles. The molecule has 5 heteroatoms. The van der Waals surface area contributed by atoms with E-state index in [4.69, 9.17) is 5.11 Å². The van der Waals surface area contributed by atoms with E-state index in [2.05, 4.69) is 29.4 Å². The Morgan fingerprint density at radius 1 is 1.17 bits per heavy atom. The zero-order chi connectivity index (χ0) is 16.4. The molecule has 23 heavy (non-hydrogen) atoms. The molecule has 0 aliphatic heterocycles. The van der Waals surface area contributed by atoms with Crippen molar-refractivity contribution in [2.24, 2.45) is 0 Å². The van der Waals surface area contributed by atoms with Gasteiger partial charge >= 0.3 is 5.97 Å². The summed E-state index contributed by atoms with van der Waals surface area (Å²) in [5.74, 6) is -1.63. The van der Waals surface area contributed by atoms with Crippen LogP contribution in [-0.4, -0.2) is 22.0 Å². The molecule has 116 valence electrons. The molecule has 5 nitrogen and oxygen atoms in total. The largest absolute Gasteiger partial charge is 0.478 e. The standard InChI is InChI=1S/C18H16N2O3/c1-2-11-4-3-5-14-13-7-6-12(10-15(13)20-18(11)14)19-16(21)8-9-17(22)23/h3-10,20H,2H2,1H3,(H,19,21)(H,22,23)/b9-8+. The molecule has 1 amide bonds. The van der Waals surface area contributed by atoms with Crippen LogP contribution < -0.4 is 5.32 Å². The van der Waals surface area contributed by atoms with Crippen LogP contribution in [0.25, 0.3) is 21.8 Å². The molecule has 0 saturated carbocycles. The first-order valence-electron chi connectivity index (χ1n) is 7.34. The second-order valence-corrected chi connectivity index (χ2v) is 5.24. The van der Waals surface area contributed by atoms with E-state index in [0.29, 0.717) is 5.69 Å². The van der Waals surface area contributed by atoms with Crippen molar-refractivity contribution in [3.8, 4) is 0 Å². The van der Waals surface area contributed by atoms with Crippen LogP contribution in [-0.2, 0) is 16.0 Å². The van der Waals surface area contributed by atoms with E-state index >= 15 is 0 Å². The fraction of sp³-hybridized carbons (Fsp3) is 0.111. The first-order chi connectivity index (χ1) is 11.1. The SMILES string of the molecule is CCc1cccc2c1[nH]c1cc(NC(=O)/C=C/C(=O)O)ccc12. The van der Waals surface area contributed by atoms with Gasteiger partial charge in [0.25, 0.3) is 0 Å². The lowest BCUT2D eigenvalue weighted by atomic mass is 10.1. The van der Waals surface area contributed by atoms with Crippen LogP contribution in [0.15, 0.2) is 48.6 Å². The van der Waals surface area contributed by atoms with Gasteiger partial charge in [-0.05, 0) is 24.1 Å². The normalized spacial score (nSPS) is 11.3. The summed E-state index contributed by atoms with van der Waals surface area (Å²) in [7, 11) is 0. The number of carbonyl (C=O) groups excluding carboxylic acids is 1. The second-order valence-electron chi connectivity index (χ2n) is 5.24. The number of carboxylic acid groups (broad SMARTS) is 1. The number of amides is 1. The average Bonchev–Trinajstić information content (AvgIpc) is 2.90. The highest BCUT2D eigenvalue weighted by Crippen LogP contribution is 2.29. The third-order valence-electron chi connectivity index (χ3n) is 3.75. The maximum Gasteiger partial charge on any atom is 0.328 e. The molecule has 0 unspecified atom stereocenters. The molecule has 0 atom stereocenters. The lowest BCUT2D eigenvalue weighted by molar-refractivity contribution is -0.131. The third kappa shape index (κ3) is 2.94. The van der Waals surface area contributed by atoms with Gasteiger partial charge in [-0.3, -0.25) is 4.79 Å². The lowest BCUT2D eigenvalue weighted by Crippen LogP contribution is -2.08. The Hall–Kier alpha value is -3.08. The van der Waals surface area contributed by atoms with Crippen molar-refractivity contribution >= 4 is 39.4 Å². The second kappa shape index (κ2) is 5.96. The molecule has 2 aromatic carbocycles. The van der Waals surface area contributed by atoms with E-state index in [1.807, 2.05) is 18.2 Å². The highest BCUT2D eigenvalue weighted by atomic mass is 16.4. The molecule has 0 spiro atoms. The van der Waals surface area contributed by atoms with Gasteiger partial charge in [0.15, 0.2) is 0 Å². The molecule has 0 aliphatic rings. The quantitative estimate of drug-likeness (QED) is 0.645. The monoisotopic (exact) mass is 308 g/mol. The van der Waals surface area contributed by atoms with E-state index in [-0.39, 0.29) is 0 Å². The summed E-state index contributed by atoms with van der Waals surface area (Å²) in [5, 5.41) is 13.4. The van der Waals surface area contributed by atoms with Crippen molar-refractivity contribution in [1.82, 2.24) is 4.98 Å². The zero-order valence-corrected chi connectivity index (χ0v) is 12.6. The van der Waals surface area contributed by atoms with E-state index in [1.54, 1.807) is 6.07 Å². The van der Waals surface area contributed by atoms with Gasteiger partial charge in [-0.1, -0.05) is 31.2 Å². The van der Waals surface area contributed by atoms with Crippen LogP contribution in [0.4, 0.5) is 5.69 Å². The minimum Gasteiger partial charge on any atom is -0.478 e. The number of hydrogen-bond acceptors (Lipinski definition) is 2. The van der Waals surface area contributed by atoms with E-state index in [0.717, 1.165) is 40.4 Å². The number of para-hydroxylation sites is 1. The Labute approximate surface area is 132 Å². The number of nitrogens with one attached hydrogen (secondary N) is 2. The summed E-state index contributed by atoms with van der Waals surface area (Å²) in [6.45, 7) is 2.11. The van der Waals surface area contributed by atoms with Gasteiger partial charge in [0.2, 0.25) is 5.91 Å². The maximum atomic E-state index is 11.7. The van der Waals surface area contributed by atoms with Gasteiger partial charge in [-0.15, -0.1) is 0 Å². The van der Waals surface area contributed by atoms with Gasteiger partial charge in [0, 0.05) is 39.6 Å². The molecule has 0 aliphatic carbocycles. The first-order valence-corrected chi connectivity index (χ1v) is 7.34. The number of H-pyrrole nitrogens is 1. The van der Waals surface area contributed by atoms with Crippen molar-refractivity contribution < 1.29 is 14.7 Å². The lowest BCUT2D eigenvalue weighted by Gasteiger charge is -2.02. The Morgan fingerprint density at radius 3 is 2.74 bits per heavy atom. The number of fused-ring (bicyclic) bond motifs is 3. The molecular weight excluding hydrogens is 292 g/mol. The smallest absolute Gasteiger partial charge is 0.328 e. The Morgan fingerprint density at radius 2 is 2.00 bits per heavy atom. The average molecular weight is 308 g/mol. The Balaban J connectivity index is 1.98. The number of aliphatic carboxylic acids is 1. The molecular formula is C18H16N2O3. The summed E-state index contributed by atoms with van der Waals surface area (Å²) in [6.07, 6.45) is 2.74. The van der Waals surface area contributed by atoms with Crippen LogP contribution in [0.5, 0.6) is 0 Å². The van der Waals surface area contributed by atoms with Crippen LogP contribution in [0.1, 0.15) is 12.5 Å². The molecule has 3 N–H and O–H groups in total. The molecule has 0 fully saturated rings. The minimum absolute atomic E-state index is 0.475. The summed E-state index contributed by atoms with van der Waals surface area (Å²) < 4.78 is 0. The first kappa shape index (κ1) is 14.8. The van der Waals surface area contributed by atoms with Crippen LogP contribution in [0, 0.1) is 0 Å². The zero-order valence-electron chi connectivity index (χ0n) is 12.6. The van der Waals surface area contributed by atoms with Crippen molar-refractivity contribution in [2.45, 2.75) is 13.3 Å². The van der Waals surface area contributed by atoms with Crippen LogP contribution in [0.2, 0.25) is 0 Å². The molecule has 1 heterocycles. The van der Waals surface area contributed by atoms with E-state index < -0.39 is 11.9 Å². The maximum absolute atomic E-state index is 11.7. The fourth-order valence-electron chi connectivity index (χ4n) is 2.69. The highest BCUT2D eigenvalue weighted by molar-refractivity contribution is 6.10. The third-order valence-corrected chi connectivity index (χ3v) is 3.75. The fourth-order valence-corrected chi connectivity index (χ4v) is 2.69. The highest BCUT2D eigenvalue weighted by Gasteiger charge is 2.08. The molecule has 3 rings (SSSR count). The molecule has 0 radical (unpaired) electrons. The number of aromatic amines is 1. The predicted octanol–water partition coefficient (Wildman–Crippen LogP) is 3.46. The van der Waals surface area contributed by atoms with Crippen molar-refractivity contribution in [3.63, 3.8) is 0 Å². The molecule has 0 saturated heterocycles. The van der Waals surface area contributed by atoms with Crippen molar-refractivity contribution in [2.75, 3.05) is 5.32 Å². The minimum atomic E-state index is -1.15. The van der Waals surface area contributed by atoms with Gasteiger partial charge in [0.05, 0.1) is 0 Å². The summed E-state index contributed by atoms with van der Waals surface area (Å²) in [6, 6.07) is 11.8. The number of aryl methyl sites for hydroxylation is 1. The van der Waals surface area contributed by atoms with Crippen LogP contribution in [0.3, 0.4) is 0 Å². The van der Waals surface area contributed by atoms with Crippen LogP contribution >= 0.6 is 0 Å². The number of benzene rings is 2. The predicted molar refractivity (Wildman–Crippen MR) is 90.6 cm³/mol. The Bertz CT molecular complexity index is 938. The molecule has 0 bridgehead atoms. The van der Waals surface area contributed by atoms with Gasteiger partial charge in [0.1, 0.15) is 0 Å². The van der Waals surface area contributed by atoms with Crippen molar-refractivity contribution in [3.05, 3.63) is 54.1 Å². The number of aromatic nitrogens is 1. The number of carbonyl (C=O) groups is 2. The van der Waals surface area contributed by atoms with Crippen molar-refractivity contribution in [1.29, 1.82) is 0 Å². The Kier molecular flexibility index (Phi) is 3.85.